The zero-order valence-electron chi connectivity index (χ0n) is 12.4. The van der Waals surface area contributed by atoms with Crippen molar-refractivity contribution in [1.29, 1.82) is 0 Å². The van der Waals surface area contributed by atoms with Crippen molar-refractivity contribution in [3.8, 4) is 0 Å². The molecule has 23 heavy (non-hydrogen) atoms. The van der Waals surface area contributed by atoms with E-state index in [1.807, 2.05) is 0 Å². The molecule has 1 saturated carbocycles. The number of halogens is 2. The van der Waals surface area contributed by atoms with Gasteiger partial charge in [-0.2, -0.15) is 0 Å². The average Bonchev–Trinajstić information content (AvgIpc) is 3.20. The topological polar surface area (TPSA) is 49.9 Å². The third-order valence-corrected chi connectivity index (χ3v) is 4.91. The van der Waals surface area contributed by atoms with Gasteiger partial charge >= 0.3 is 0 Å². The minimum Gasteiger partial charge on any atom is -0.332 e. The van der Waals surface area contributed by atoms with E-state index in [9.17, 15) is 14.0 Å². The van der Waals surface area contributed by atoms with E-state index in [-0.39, 0.29) is 36.0 Å². The van der Waals surface area contributed by atoms with Gasteiger partial charge in [-0.25, -0.2) is 9.45 Å². The number of carbonyl (C=O) groups is 2. The molecule has 0 bridgehead atoms. The Morgan fingerprint density at radius 2 is 2.13 bits per heavy atom. The summed E-state index contributed by atoms with van der Waals surface area (Å²) in [5.74, 6) is -0.588. The molecule has 0 N–H and O–H groups in total. The molecule has 0 aromatic heterocycles. The summed E-state index contributed by atoms with van der Waals surface area (Å²) in [6.07, 6.45) is 2.54. The smallest absolute Gasteiger partial charge is 0.258 e. The van der Waals surface area contributed by atoms with E-state index in [0.29, 0.717) is 12.5 Å². The molecule has 122 valence electrons. The lowest BCUT2D eigenvalue weighted by atomic mass is 9.90. The molecule has 1 spiro atoms. The number of carbonyl (C=O) groups excluding carboxylic acids is 2. The molecule has 2 amide bonds. The van der Waals surface area contributed by atoms with Crippen molar-refractivity contribution in [2.45, 2.75) is 24.9 Å². The minimum absolute atomic E-state index is 0.0343. The fourth-order valence-corrected chi connectivity index (χ4v) is 3.42. The maximum Gasteiger partial charge on any atom is 0.258 e. The zero-order chi connectivity index (χ0) is 16.2. The van der Waals surface area contributed by atoms with Gasteiger partial charge < -0.3 is 4.90 Å². The van der Waals surface area contributed by atoms with Crippen LogP contribution in [-0.4, -0.2) is 47.0 Å². The molecular weight excluding hydrogens is 323 g/mol. The van der Waals surface area contributed by atoms with Crippen LogP contribution in [0.15, 0.2) is 18.2 Å². The molecule has 2 aliphatic heterocycles. The van der Waals surface area contributed by atoms with E-state index < -0.39 is 17.3 Å². The van der Waals surface area contributed by atoms with Crippen molar-refractivity contribution in [3.05, 3.63) is 34.6 Å². The van der Waals surface area contributed by atoms with Crippen LogP contribution in [0.1, 0.15) is 29.6 Å². The van der Waals surface area contributed by atoms with Crippen molar-refractivity contribution < 1.29 is 18.8 Å². The number of nitrogens with zero attached hydrogens (tertiary/aromatic N) is 2. The number of benzene rings is 1. The molecule has 1 aromatic carbocycles. The Bertz CT molecular complexity index is 666. The number of likely N-dealkylation sites (tertiary alicyclic amines) is 1. The molecular formula is C16H16ClFN2O3. The highest BCUT2D eigenvalue weighted by molar-refractivity contribution is 6.33. The number of hydrogen-bond donors (Lipinski definition) is 0. The predicted molar refractivity (Wildman–Crippen MR) is 80.2 cm³/mol. The number of amides is 2. The van der Waals surface area contributed by atoms with Gasteiger partial charge in [0, 0.05) is 0 Å². The van der Waals surface area contributed by atoms with Gasteiger partial charge in [-0.3, -0.25) is 14.4 Å². The zero-order valence-corrected chi connectivity index (χ0v) is 13.2. The maximum absolute atomic E-state index is 13.8. The van der Waals surface area contributed by atoms with E-state index in [1.165, 1.54) is 28.2 Å². The quantitative estimate of drug-likeness (QED) is 0.849. The summed E-state index contributed by atoms with van der Waals surface area (Å²) in [5.41, 5.74) is -0.762. The predicted octanol–water partition coefficient (Wildman–Crippen LogP) is 2.25. The highest BCUT2D eigenvalue weighted by Gasteiger charge is 2.55. The van der Waals surface area contributed by atoms with Crippen molar-refractivity contribution in [2.24, 2.45) is 5.92 Å². The molecule has 0 atom stereocenters. The highest BCUT2D eigenvalue weighted by Crippen LogP contribution is 2.39. The lowest BCUT2D eigenvalue weighted by Crippen LogP contribution is -2.63. The number of rotatable bonds is 3. The molecule has 4 rings (SSSR count). The fourth-order valence-electron chi connectivity index (χ4n) is 3.18. The fraction of sp³-hybridized carbons (Fsp3) is 0.500. The Kier molecular flexibility index (Phi) is 3.35. The van der Waals surface area contributed by atoms with Crippen LogP contribution in [0.2, 0.25) is 5.02 Å². The van der Waals surface area contributed by atoms with Crippen LogP contribution in [0.25, 0.3) is 0 Å². The first kappa shape index (κ1) is 14.9. The van der Waals surface area contributed by atoms with Crippen molar-refractivity contribution in [2.75, 3.05) is 19.6 Å². The van der Waals surface area contributed by atoms with E-state index in [4.69, 9.17) is 16.4 Å². The molecule has 0 unspecified atom stereocenters. The second kappa shape index (κ2) is 5.18. The van der Waals surface area contributed by atoms with E-state index in [0.717, 1.165) is 12.8 Å². The van der Waals surface area contributed by atoms with Crippen LogP contribution in [0.5, 0.6) is 0 Å². The Balaban J connectivity index is 1.43. The first-order valence-electron chi connectivity index (χ1n) is 7.70. The second-order valence-electron chi connectivity index (χ2n) is 6.61. The molecule has 2 saturated heterocycles. The Morgan fingerprint density at radius 1 is 1.39 bits per heavy atom. The van der Waals surface area contributed by atoms with Gasteiger partial charge in [-0.05, 0) is 30.9 Å². The molecule has 5 nitrogen and oxygen atoms in total. The van der Waals surface area contributed by atoms with Gasteiger partial charge in [-0.15, -0.1) is 0 Å². The molecule has 1 aliphatic carbocycles. The van der Waals surface area contributed by atoms with Gasteiger partial charge in [0.25, 0.3) is 5.91 Å². The van der Waals surface area contributed by atoms with Gasteiger partial charge in [0.1, 0.15) is 11.4 Å². The van der Waals surface area contributed by atoms with Gasteiger partial charge in [0.05, 0.1) is 36.6 Å². The van der Waals surface area contributed by atoms with Crippen molar-refractivity contribution >= 4 is 23.4 Å². The summed E-state index contributed by atoms with van der Waals surface area (Å²) in [6.45, 7) is 1.19. The van der Waals surface area contributed by atoms with E-state index >= 15 is 0 Å². The second-order valence-corrected chi connectivity index (χ2v) is 7.01. The van der Waals surface area contributed by atoms with Gasteiger partial charge in [-0.1, -0.05) is 17.7 Å². The van der Waals surface area contributed by atoms with Crippen LogP contribution >= 0.6 is 11.6 Å². The summed E-state index contributed by atoms with van der Waals surface area (Å²) in [6, 6.07) is 4.16. The van der Waals surface area contributed by atoms with E-state index in [1.54, 1.807) is 0 Å². The summed E-state index contributed by atoms with van der Waals surface area (Å²) in [4.78, 5) is 31.7. The summed E-state index contributed by atoms with van der Waals surface area (Å²) >= 11 is 5.93. The first-order chi connectivity index (χ1) is 11.0. The third-order valence-electron chi connectivity index (χ3n) is 4.60. The average molecular weight is 339 g/mol. The molecule has 2 heterocycles. The van der Waals surface area contributed by atoms with Crippen LogP contribution < -0.4 is 0 Å². The van der Waals surface area contributed by atoms with E-state index in [2.05, 4.69) is 0 Å². The Labute approximate surface area is 137 Å². The summed E-state index contributed by atoms with van der Waals surface area (Å²) in [5, 5.41) is 1.53. The normalized spacial score (nSPS) is 22.6. The SMILES string of the molecule is O=C(c1c(F)cccc1Cl)N1CC2(CC(=O)N(CC3CC3)O2)C1. The minimum atomic E-state index is -0.640. The molecule has 7 heteroatoms. The molecule has 3 fully saturated rings. The van der Waals surface area contributed by atoms with Crippen LogP contribution in [0, 0.1) is 11.7 Å². The Hall–Kier alpha value is -1.66. The van der Waals surface area contributed by atoms with Crippen molar-refractivity contribution in [3.63, 3.8) is 0 Å². The lowest BCUT2D eigenvalue weighted by Gasteiger charge is -2.45. The summed E-state index contributed by atoms with van der Waals surface area (Å²) < 4.78 is 13.8. The third kappa shape index (κ3) is 2.60. The molecule has 0 radical (unpaired) electrons. The van der Waals surface area contributed by atoms with Crippen LogP contribution in [0.4, 0.5) is 4.39 Å². The monoisotopic (exact) mass is 338 g/mol. The lowest BCUT2D eigenvalue weighted by molar-refractivity contribution is -0.230. The van der Waals surface area contributed by atoms with Crippen LogP contribution in [-0.2, 0) is 9.63 Å². The maximum atomic E-state index is 13.8. The van der Waals surface area contributed by atoms with Gasteiger partial charge in [0.15, 0.2) is 0 Å². The number of hydroxylamine groups is 2. The van der Waals surface area contributed by atoms with Crippen LogP contribution in [0.3, 0.4) is 0 Å². The largest absolute Gasteiger partial charge is 0.332 e. The standard InChI is InChI=1S/C16H16ClFN2O3/c17-11-2-1-3-12(18)14(11)15(22)19-8-16(9-19)6-13(21)20(23-16)7-10-4-5-10/h1-3,10H,4-9H2. The summed E-state index contributed by atoms with van der Waals surface area (Å²) in [7, 11) is 0. The molecule has 3 aliphatic rings. The number of hydrogen-bond acceptors (Lipinski definition) is 3. The Morgan fingerprint density at radius 3 is 2.78 bits per heavy atom. The highest BCUT2D eigenvalue weighted by atomic mass is 35.5. The van der Waals surface area contributed by atoms with Crippen molar-refractivity contribution in [1.82, 2.24) is 9.96 Å². The van der Waals surface area contributed by atoms with Gasteiger partial charge in [0.2, 0.25) is 5.91 Å². The molecule has 1 aromatic rings. The first-order valence-corrected chi connectivity index (χ1v) is 8.08.